The molecule has 0 radical (unpaired) electrons. The number of amides is 2. The fourth-order valence-corrected chi connectivity index (χ4v) is 1.76. The summed E-state index contributed by atoms with van der Waals surface area (Å²) in [4.78, 5) is 24.1. The average molecular weight is 288 g/mol. The summed E-state index contributed by atoms with van der Waals surface area (Å²) in [5.41, 5.74) is 1.58. The summed E-state index contributed by atoms with van der Waals surface area (Å²) >= 11 is 0. The maximum atomic E-state index is 12.0. The molecule has 1 aromatic carbocycles. The van der Waals surface area contributed by atoms with E-state index >= 15 is 0 Å². The van der Waals surface area contributed by atoms with Crippen LogP contribution in [-0.4, -0.2) is 35.1 Å². The lowest BCUT2D eigenvalue weighted by molar-refractivity contribution is -0.136. The third kappa shape index (κ3) is 5.95. The zero-order chi connectivity index (χ0) is 15.7. The number of hydrogen-bond acceptors (Lipinski definition) is 2. The van der Waals surface area contributed by atoms with Crippen LogP contribution in [0.1, 0.15) is 12.0 Å². The average Bonchev–Trinajstić information content (AvgIpc) is 2.46. The summed E-state index contributed by atoms with van der Waals surface area (Å²) in [6.45, 7) is 8.11. The molecule has 5 nitrogen and oxygen atoms in total. The number of nitrogens with one attached hydrogen (secondary N) is 1. The largest absolute Gasteiger partial charge is 0.481 e. The lowest BCUT2D eigenvalue weighted by atomic mass is 10.1. The molecule has 5 heteroatoms. The minimum atomic E-state index is -0.822. The van der Waals surface area contributed by atoms with E-state index in [9.17, 15) is 9.59 Å². The SMILES string of the molecule is C=CCN(CC=C)C(=O)Nc1ccc(CCC(=O)O)cc1. The van der Waals surface area contributed by atoms with Crippen LogP contribution in [-0.2, 0) is 11.2 Å². The van der Waals surface area contributed by atoms with E-state index in [1.807, 2.05) is 12.1 Å². The first-order valence-corrected chi connectivity index (χ1v) is 6.65. The Bertz CT molecular complexity index is 499. The van der Waals surface area contributed by atoms with Crippen molar-refractivity contribution < 1.29 is 14.7 Å². The highest BCUT2D eigenvalue weighted by molar-refractivity contribution is 5.89. The predicted octanol–water partition coefficient (Wildman–Crippen LogP) is 2.91. The highest BCUT2D eigenvalue weighted by atomic mass is 16.4. The van der Waals surface area contributed by atoms with Crippen LogP contribution in [0.3, 0.4) is 0 Å². The Hall–Kier alpha value is -2.56. The zero-order valence-electron chi connectivity index (χ0n) is 11.9. The zero-order valence-corrected chi connectivity index (χ0v) is 11.9. The lowest BCUT2D eigenvalue weighted by Gasteiger charge is -2.19. The number of anilines is 1. The summed E-state index contributed by atoms with van der Waals surface area (Å²) in [6, 6.07) is 6.91. The molecular formula is C16H20N2O3. The summed E-state index contributed by atoms with van der Waals surface area (Å²) < 4.78 is 0. The van der Waals surface area contributed by atoms with Crippen molar-refractivity contribution in [1.29, 1.82) is 0 Å². The topological polar surface area (TPSA) is 69.6 Å². The molecule has 0 aliphatic rings. The molecule has 2 N–H and O–H groups in total. The number of carbonyl (C=O) groups excluding carboxylic acids is 1. The van der Waals surface area contributed by atoms with E-state index in [-0.39, 0.29) is 12.5 Å². The second-order valence-electron chi connectivity index (χ2n) is 4.50. The van der Waals surface area contributed by atoms with Crippen molar-refractivity contribution in [3.8, 4) is 0 Å². The van der Waals surface area contributed by atoms with Crippen molar-refractivity contribution >= 4 is 17.7 Å². The fraction of sp³-hybridized carbons (Fsp3) is 0.250. The second kappa shape index (κ2) is 8.58. The molecule has 1 aromatic rings. The molecule has 21 heavy (non-hydrogen) atoms. The molecule has 0 aliphatic heterocycles. The quantitative estimate of drug-likeness (QED) is 0.723. The summed E-state index contributed by atoms with van der Waals surface area (Å²) in [5.74, 6) is -0.822. The summed E-state index contributed by atoms with van der Waals surface area (Å²) in [6.07, 6.45) is 3.87. The first kappa shape index (κ1) is 16.5. The number of rotatable bonds is 8. The van der Waals surface area contributed by atoms with E-state index in [4.69, 9.17) is 5.11 Å². The minimum absolute atomic E-state index is 0.0954. The number of carboxylic acids is 1. The maximum Gasteiger partial charge on any atom is 0.322 e. The number of carboxylic acid groups (broad SMARTS) is 1. The smallest absolute Gasteiger partial charge is 0.322 e. The van der Waals surface area contributed by atoms with Crippen LogP contribution in [0.4, 0.5) is 10.5 Å². The van der Waals surface area contributed by atoms with Crippen LogP contribution in [0, 0.1) is 0 Å². The number of urea groups is 1. The van der Waals surface area contributed by atoms with E-state index in [1.54, 1.807) is 29.2 Å². The van der Waals surface area contributed by atoms with Gasteiger partial charge in [-0.1, -0.05) is 24.3 Å². The molecule has 0 spiro atoms. The Morgan fingerprint density at radius 3 is 2.19 bits per heavy atom. The van der Waals surface area contributed by atoms with Crippen molar-refractivity contribution in [3.05, 3.63) is 55.1 Å². The number of carbonyl (C=O) groups is 2. The van der Waals surface area contributed by atoms with E-state index in [2.05, 4.69) is 18.5 Å². The van der Waals surface area contributed by atoms with E-state index in [1.165, 1.54) is 0 Å². The van der Waals surface area contributed by atoms with Crippen molar-refractivity contribution in [2.75, 3.05) is 18.4 Å². The van der Waals surface area contributed by atoms with Crippen molar-refractivity contribution in [1.82, 2.24) is 4.90 Å². The second-order valence-corrected chi connectivity index (χ2v) is 4.50. The Labute approximate surface area is 124 Å². The third-order valence-electron chi connectivity index (χ3n) is 2.82. The maximum absolute atomic E-state index is 12.0. The fourth-order valence-electron chi connectivity index (χ4n) is 1.76. The highest BCUT2D eigenvalue weighted by Crippen LogP contribution is 2.12. The summed E-state index contributed by atoms with van der Waals surface area (Å²) in [7, 11) is 0. The molecule has 0 unspecified atom stereocenters. The van der Waals surface area contributed by atoms with Gasteiger partial charge < -0.3 is 15.3 Å². The first-order valence-electron chi connectivity index (χ1n) is 6.65. The number of hydrogen-bond donors (Lipinski definition) is 2. The van der Waals surface area contributed by atoms with Gasteiger partial charge in [0.15, 0.2) is 0 Å². The molecule has 0 saturated heterocycles. The number of aryl methyl sites for hydroxylation is 1. The number of aliphatic carboxylic acids is 1. The van der Waals surface area contributed by atoms with Gasteiger partial charge in [0.25, 0.3) is 0 Å². The van der Waals surface area contributed by atoms with Crippen LogP contribution in [0.2, 0.25) is 0 Å². The van der Waals surface area contributed by atoms with E-state index in [0.29, 0.717) is 25.2 Å². The van der Waals surface area contributed by atoms with Crippen LogP contribution in [0.25, 0.3) is 0 Å². The van der Waals surface area contributed by atoms with E-state index < -0.39 is 5.97 Å². The molecule has 0 bridgehead atoms. The lowest BCUT2D eigenvalue weighted by Crippen LogP contribution is -2.35. The predicted molar refractivity (Wildman–Crippen MR) is 83.4 cm³/mol. The van der Waals surface area contributed by atoms with Gasteiger partial charge in [-0.2, -0.15) is 0 Å². The molecule has 2 amide bonds. The molecule has 0 fully saturated rings. The Balaban J connectivity index is 2.61. The van der Waals surface area contributed by atoms with Gasteiger partial charge in [-0.05, 0) is 24.1 Å². The number of nitrogens with zero attached hydrogens (tertiary/aromatic N) is 1. The van der Waals surface area contributed by atoms with Gasteiger partial charge in [0.1, 0.15) is 0 Å². The van der Waals surface area contributed by atoms with Gasteiger partial charge in [0, 0.05) is 25.2 Å². The Morgan fingerprint density at radius 1 is 1.14 bits per heavy atom. The van der Waals surface area contributed by atoms with Crippen molar-refractivity contribution in [3.63, 3.8) is 0 Å². The molecule has 0 atom stereocenters. The molecular weight excluding hydrogens is 268 g/mol. The summed E-state index contributed by atoms with van der Waals surface area (Å²) in [5, 5.41) is 11.4. The van der Waals surface area contributed by atoms with Gasteiger partial charge in [-0.15, -0.1) is 13.2 Å². The van der Waals surface area contributed by atoms with Gasteiger partial charge in [-0.3, -0.25) is 4.79 Å². The normalized spacial score (nSPS) is 9.71. The van der Waals surface area contributed by atoms with Gasteiger partial charge in [0.2, 0.25) is 0 Å². The molecule has 0 heterocycles. The molecule has 0 aromatic heterocycles. The molecule has 0 saturated carbocycles. The van der Waals surface area contributed by atoms with E-state index in [0.717, 1.165) is 5.56 Å². The van der Waals surface area contributed by atoms with Crippen LogP contribution in [0.5, 0.6) is 0 Å². The van der Waals surface area contributed by atoms with Crippen LogP contribution < -0.4 is 5.32 Å². The van der Waals surface area contributed by atoms with Gasteiger partial charge >= 0.3 is 12.0 Å². The molecule has 0 aliphatic carbocycles. The number of benzene rings is 1. The van der Waals surface area contributed by atoms with Crippen molar-refractivity contribution in [2.45, 2.75) is 12.8 Å². The Kier molecular flexibility index (Phi) is 6.74. The van der Waals surface area contributed by atoms with Gasteiger partial charge in [0.05, 0.1) is 0 Å². The third-order valence-corrected chi connectivity index (χ3v) is 2.82. The van der Waals surface area contributed by atoms with Crippen LogP contribution in [0.15, 0.2) is 49.6 Å². The Morgan fingerprint density at radius 2 is 1.71 bits per heavy atom. The molecule has 1 rings (SSSR count). The van der Waals surface area contributed by atoms with Gasteiger partial charge in [-0.25, -0.2) is 4.79 Å². The highest BCUT2D eigenvalue weighted by Gasteiger charge is 2.10. The minimum Gasteiger partial charge on any atom is -0.481 e. The standard InChI is InChI=1S/C16H20N2O3/c1-3-11-18(12-4-2)16(21)17-14-8-5-13(6-9-14)7-10-15(19)20/h3-6,8-9H,1-2,7,10-12H2,(H,17,21)(H,19,20). The monoisotopic (exact) mass is 288 g/mol. The van der Waals surface area contributed by atoms with Crippen molar-refractivity contribution in [2.24, 2.45) is 0 Å². The van der Waals surface area contributed by atoms with Crippen LogP contribution >= 0.6 is 0 Å². The molecule has 112 valence electrons. The first-order chi connectivity index (χ1) is 10.1.